The van der Waals surface area contributed by atoms with Gasteiger partial charge in [-0.05, 0) is 77.9 Å². The topological polar surface area (TPSA) is 138 Å². The van der Waals surface area contributed by atoms with Gasteiger partial charge in [0.25, 0.3) is 5.91 Å². The van der Waals surface area contributed by atoms with Gasteiger partial charge in [0.1, 0.15) is 17.1 Å². The van der Waals surface area contributed by atoms with E-state index in [1.807, 2.05) is 41.0 Å². The van der Waals surface area contributed by atoms with Gasteiger partial charge in [-0.15, -0.1) is 0 Å². The Morgan fingerprint density at radius 1 is 0.894 bits per heavy atom. The van der Waals surface area contributed by atoms with E-state index in [1.54, 1.807) is 57.1 Å². The summed E-state index contributed by atoms with van der Waals surface area (Å²) in [6, 6.07) is 21.2. The van der Waals surface area contributed by atoms with Crippen LogP contribution in [0.4, 0.5) is 11.5 Å². The molecule has 4 N–H and O–H groups in total. The zero-order chi connectivity index (χ0) is 32.9. The average molecular weight is 633 g/mol. The summed E-state index contributed by atoms with van der Waals surface area (Å²) >= 11 is 0. The molecule has 240 valence electrons. The summed E-state index contributed by atoms with van der Waals surface area (Å²) in [5.74, 6) is 1.55. The lowest BCUT2D eigenvalue weighted by molar-refractivity contribution is 0.0612. The molecule has 0 unspecified atom stereocenters. The minimum Gasteiger partial charge on any atom is -0.508 e. The number of ether oxygens (including phenoxy) is 3. The van der Waals surface area contributed by atoms with E-state index < -0.39 is 5.91 Å². The number of amides is 1. The number of aromatic nitrogens is 2. The normalized spacial score (nSPS) is 13.2. The molecule has 0 saturated carbocycles. The molecule has 1 saturated heterocycles. The fraction of sp³-hybridized carbons (Fsp3) is 0.216. The molecule has 0 bridgehead atoms. The number of carbonyl (C=O) groups is 1. The van der Waals surface area contributed by atoms with Crippen LogP contribution < -0.4 is 26.0 Å². The number of phenolic OH excluding ortho intramolecular Hbond substituents is 1. The fourth-order valence-electron chi connectivity index (χ4n) is 5.78. The van der Waals surface area contributed by atoms with Crippen LogP contribution in [0.1, 0.15) is 23.2 Å². The lowest BCUT2D eigenvalue weighted by Crippen LogP contribution is -2.26. The van der Waals surface area contributed by atoms with E-state index in [4.69, 9.17) is 19.9 Å². The van der Waals surface area contributed by atoms with Crippen molar-refractivity contribution in [3.8, 4) is 50.6 Å². The van der Waals surface area contributed by atoms with Gasteiger partial charge in [-0.1, -0.05) is 30.3 Å². The number of nitrogens with one attached hydrogen (secondary N) is 1. The Kier molecular flexibility index (Phi) is 9.21. The molecule has 2 aromatic heterocycles. The fourth-order valence-corrected chi connectivity index (χ4v) is 5.78. The summed E-state index contributed by atoms with van der Waals surface area (Å²) in [5, 5.41) is 12.7. The molecule has 0 aliphatic carbocycles. The Balaban J connectivity index is 1.26. The Bertz CT molecular complexity index is 1950. The molecule has 10 heteroatoms. The third kappa shape index (κ3) is 6.97. The van der Waals surface area contributed by atoms with Crippen molar-refractivity contribution < 1.29 is 24.1 Å². The van der Waals surface area contributed by atoms with Crippen molar-refractivity contribution in [2.45, 2.75) is 19.4 Å². The van der Waals surface area contributed by atoms with Crippen LogP contribution >= 0.6 is 0 Å². The molecule has 0 spiro atoms. The summed E-state index contributed by atoms with van der Waals surface area (Å²) in [6.07, 6.45) is 6.93. The van der Waals surface area contributed by atoms with Gasteiger partial charge in [0.2, 0.25) is 5.43 Å². The molecule has 1 fully saturated rings. The van der Waals surface area contributed by atoms with Crippen LogP contribution in [0, 0.1) is 5.92 Å². The Hall–Kier alpha value is -5.61. The monoisotopic (exact) mass is 632 g/mol. The maximum absolute atomic E-state index is 13.6. The molecule has 10 nitrogen and oxygen atoms in total. The predicted molar refractivity (Wildman–Crippen MR) is 182 cm³/mol. The number of rotatable bonds is 9. The molecular formula is C37H36N4O6. The number of hydrogen-bond acceptors (Lipinski definition) is 8. The van der Waals surface area contributed by atoms with Crippen molar-refractivity contribution >= 4 is 17.4 Å². The van der Waals surface area contributed by atoms with Gasteiger partial charge < -0.3 is 34.9 Å². The van der Waals surface area contributed by atoms with Crippen molar-refractivity contribution in [1.29, 1.82) is 0 Å². The van der Waals surface area contributed by atoms with Crippen LogP contribution in [-0.2, 0) is 11.3 Å². The second-order valence-electron chi connectivity index (χ2n) is 11.5. The highest BCUT2D eigenvalue weighted by molar-refractivity contribution is 6.04. The van der Waals surface area contributed by atoms with Crippen LogP contribution in [-0.4, -0.2) is 48.0 Å². The van der Waals surface area contributed by atoms with Gasteiger partial charge in [0.15, 0.2) is 11.5 Å². The number of carbonyl (C=O) groups excluding carboxylic acids is 1. The average Bonchev–Trinajstić information content (AvgIpc) is 3.10. The molecule has 0 atom stereocenters. The van der Waals surface area contributed by atoms with Crippen LogP contribution in [0.3, 0.4) is 0 Å². The first-order chi connectivity index (χ1) is 22.8. The maximum atomic E-state index is 13.6. The molecule has 3 aromatic carbocycles. The lowest BCUT2D eigenvalue weighted by Gasteiger charge is -2.23. The number of pyridine rings is 2. The molecule has 1 aliphatic heterocycles. The summed E-state index contributed by atoms with van der Waals surface area (Å²) in [5.41, 5.74) is 10.7. The van der Waals surface area contributed by atoms with E-state index >= 15 is 0 Å². The minimum atomic E-state index is -0.513. The zero-order valence-electron chi connectivity index (χ0n) is 26.2. The maximum Gasteiger partial charge on any atom is 0.261 e. The number of aromatic hydroxyl groups is 1. The number of nitrogens with zero attached hydrogens (tertiary/aromatic N) is 2. The van der Waals surface area contributed by atoms with Crippen molar-refractivity contribution in [1.82, 2.24) is 9.55 Å². The highest BCUT2D eigenvalue weighted by Crippen LogP contribution is 2.35. The van der Waals surface area contributed by atoms with Gasteiger partial charge in [-0.2, -0.15) is 0 Å². The van der Waals surface area contributed by atoms with Gasteiger partial charge in [0, 0.05) is 60.7 Å². The lowest BCUT2D eigenvalue weighted by atomic mass is 9.99. The third-order valence-electron chi connectivity index (χ3n) is 8.40. The number of nitrogen functional groups attached to an aromatic ring is 1. The van der Waals surface area contributed by atoms with Crippen molar-refractivity contribution in [3.63, 3.8) is 0 Å². The van der Waals surface area contributed by atoms with Crippen LogP contribution in [0.5, 0.6) is 17.2 Å². The number of benzene rings is 3. The van der Waals surface area contributed by atoms with E-state index in [9.17, 15) is 14.7 Å². The molecule has 47 heavy (non-hydrogen) atoms. The third-order valence-corrected chi connectivity index (χ3v) is 8.40. The molecule has 0 radical (unpaired) electrons. The minimum absolute atomic E-state index is 0.0303. The van der Waals surface area contributed by atoms with E-state index in [1.165, 1.54) is 12.1 Å². The highest BCUT2D eigenvalue weighted by atomic mass is 16.5. The predicted octanol–water partition coefficient (Wildman–Crippen LogP) is 6.23. The zero-order valence-corrected chi connectivity index (χ0v) is 26.2. The SMILES string of the molecule is COc1ccc(-c2cnc(N)c(-c3ccc(NC(=O)c4cn(CC5CCOCC5)cc(-c5ccc(O)cc5)c4=O)cc3)c2)cc1OC. The van der Waals surface area contributed by atoms with Gasteiger partial charge >= 0.3 is 0 Å². The first-order valence-corrected chi connectivity index (χ1v) is 15.3. The Morgan fingerprint density at radius 3 is 2.26 bits per heavy atom. The summed E-state index contributed by atoms with van der Waals surface area (Å²) in [6.45, 7) is 2.05. The van der Waals surface area contributed by atoms with Crippen molar-refractivity contribution in [3.05, 3.63) is 107 Å². The Labute approximate surface area is 272 Å². The molecular weight excluding hydrogens is 596 g/mol. The molecule has 3 heterocycles. The number of hydrogen-bond donors (Lipinski definition) is 3. The summed E-state index contributed by atoms with van der Waals surface area (Å²) in [4.78, 5) is 31.6. The van der Waals surface area contributed by atoms with E-state index in [0.717, 1.165) is 35.1 Å². The molecule has 5 aromatic rings. The van der Waals surface area contributed by atoms with Crippen LogP contribution in [0.25, 0.3) is 33.4 Å². The highest BCUT2D eigenvalue weighted by Gasteiger charge is 2.20. The number of nitrogens with two attached hydrogens (primary N) is 1. The number of phenols is 1. The largest absolute Gasteiger partial charge is 0.508 e. The van der Waals surface area contributed by atoms with Gasteiger partial charge in [-0.25, -0.2) is 4.98 Å². The van der Waals surface area contributed by atoms with Crippen LogP contribution in [0.15, 0.2) is 96.2 Å². The smallest absolute Gasteiger partial charge is 0.261 e. The first-order valence-electron chi connectivity index (χ1n) is 15.3. The number of methoxy groups -OCH3 is 2. The standard InChI is InChI=1S/C37H36N4O6/c1-45-33-12-7-26(18-34(33)46-2)27-17-30(36(38)39-19-27)24-3-8-28(9-4-24)40-37(44)32-22-41(20-23-13-15-47-16-14-23)21-31(35(32)43)25-5-10-29(42)11-6-25/h3-12,17-19,21-23,42H,13-16,20H2,1-2H3,(H2,38,39)(H,40,44). The summed E-state index contributed by atoms with van der Waals surface area (Å²) in [7, 11) is 3.18. The summed E-state index contributed by atoms with van der Waals surface area (Å²) < 4.78 is 18.2. The second kappa shape index (κ2) is 13.8. The number of anilines is 2. The molecule has 1 aliphatic rings. The van der Waals surface area contributed by atoms with E-state index in [0.29, 0.717) is 59.8 Å². The Morgan fingerprint density at radius 2 is 1.55 bits per heavy atom. The van der Waals surface area contributed by atoms with Gasteiger partial charge in [0.05, 0.1) is 14.2 Å². The second-order valence-corrected chi connectivity index (χ2v) is 11.5. The van der Waals surface area contributed by atoms with Crippen molar-refractivity contribution in [2.24, 2.45) is 5.92 Å². The quantitative estimate of drug-likeness (QED) is 0.174. The van der Waals surface area contributed by atoms with E-state index in [2.05, 4.69) is 10.3 Å². The van der Waals surface area contributed by atoms with E-state index in [-0.39, 0.29) is 16.7 Å². The molecule has 1 amide bonds. The molecule has 6 rings (SSSR count). The van der Waals surface area contributed by atoms with Gasteiger partial charge in [-0.3, -0.25) is 9.59 Å². The first kappa shape index (κ1) is 31.4. The van der Waals surface area contributed by atoms with Crippen LogP contribution in [0.2, 0.25) is 0 Å². The van der Waals surface area contributed by atoms with Crippen molar-refractivity contribution in [2.75, 3.05) is 38.5 Å².